The van der Waals surface area contributed by atoms with Crippen LogP contribution in [0.3, 0.4) is 0 Å². The first-order valence-corrected chi connectivity index (χ1v) is 10.7. The van der Waals surface area contributed by atoms with Crippen LogP contribution in [0.15, 0.2) is 58.2 Å². The average molecular weight is 443 g/mol. The summed E-state index contributed by atoms with van der Waals surface area (Å²) >= 11 is 5.23. The van der Waals surface area contributed by atoms with Crippen molar-refractivity contribution in [3.05, 3.63) is 58.6 Å². The number of fused-ring (bicyclic) bond motifs is 3. The van der Waals surface area contributed by atoms with E-state index in [0.717, 1.165) is 39.9 Å². The molecule has 0 saturated carbocycles. The Kier molecular flexibility index (Phi) is 5.59. The fourth-order valence-electron chi connectivity index (χ4n) is 2.84. The summed E-state index contributed by atoms with van der Waals surface area (Å²) in [5, 5.41) is 12.9. The Morgan fingerprint density at radius 1 is 1.11 bits per heavy atom. The molecule has 2 heterocycles. The zero-order chi connectivity index (χ0) is 18.6. The molecule has 0 amide bonds. The van der Waals surface area contributed by atoms with Crippen molar-refractivity contribution < 1.29 is 4.74 Å². The van der Waals surface area contributed by atoms with E-state index in [1.807, 2.05) is 48.5 Å². The molecule has 0 bridgehead atoms. The Morgan fingerprint density at radius 3 is 2.78 bits per heavy atom. The molecule has 0 saturated heterocycles. The SMILES string of the molecule is CCCCSc1nnc2c(n1)O[C@H](c1ccccc1Br)Nc1ccccc1-2. The smallest absolute Gasteiger partial charge is 0.247 e. The van der Waals surface area contributed by atoms with E-state index in [4.69, 9.17) is 4.74 Å². The minimum Gasteiger partial charge on any atom is -0.448 e. The van der Waals surface area contributed by atoms with Gasteiger partial charge >= 0.3 is 0 Å². The van der Waals surface area contributed by atoms with Crippen molar-refractivity contribution in [3.63, 3.8) is 0 Å². The zero-order valence-electron chi connectivity index (χ0n) is 14.9. The number of nitrogens with zero attached hydrogens (tertiary/aromatic N) is 3. The lowest BCUT2D eigenvalue weighted by molar-refractivity contribution is 0.224. The van der Waals surface area contributed by atoms with Crippen LogP contribution in [-0.4, -0.2) is 20.9 Å². The Hall–Kier alpha value is -2.12. The molecule has 138 valence electrons. The molecule has 0 radical (unpaired) electrons. The molecule has 7 heteroatoms. The van der Waals surface area contributed by atoms with E-state index >= 15 is 0 Å². The highest BCUT2D eigenvalue weighted by molar-refractivity contribution is 9.10. The number of unbranched alkanes of at least 4 members (excludes halogenated alkanes) is 1. The highest BCUT2D eigenvalue weighted by atomic mass is 79.9. The van der Waals surface area contributed by atoms with Gasteiger partial charge in [-0.3, -0.25) is 0 Å². The number of thioether (sulfide) groups is 1. The third kappa shape index (κ3) is 3.94. The molecular weight excluding hydrogens is 424 g/mol. The standard InChI is InChI=1S/C20H19BrN4OS/c1-2-3-12-27-20-23-19-17(24-25-20)14-9-5-7-11-16(14)22-18(26-19)13-8-4-6-10-15(13)21/h4-11,18,22H,2-3,12H2,1H3/t18-/m1/s1. The van der Waals surface area contributed by atoms with E-state index in [1.54, 1.807) is 11.8 Å². The van der Waals surface area contributed by atoms with Crippen molar-refractivity contribution in [1.82, 2.24) is 15.2 Å². The van der Waals surface area contributed by atoms with Gasteiger partial charge in [-0.1, -0.05) is 77.4 Å². The van der Waals surface area contributed by atoms with Gasteiger partial charge < -0.3 is 10.1 Å². The fraction of sp³-hybridized carbons (Fsp3) is 0.250. The maximum Gasteiger partial charge on any atom is 0.247 e. The highest BCUT2D eigenvalue weighted by Gasteiger charge is 2.26. The maximum atomic E-state index is 6.29. The average Bonchev–Trinajstić information content (AvgIpc) is 2.85. The summed E-state index contributed by atoms with van der Waals surface area (Å²) in [6.07, 6.45) is 1.88. The van der Waals surface area contributed by atoms with Crippen molar-refractivity contribution in [2.24, 2.45) is 0 Å². The second-order valence-corrected chi connectivity index (χ2v) is 8.08. The minimum absolute atomic E-state index is 0.381. The molecule has 1 aromatic heterocycles. The summed E-state index contributed by atoms with van der Waals surface area (Å²) in [6.45, 7) is 2.17. The summed E-state index contributed by atoms with van der Waals surface area (Å²) < 4.78 is 7.26. The zero-order valence-corrected chi connectivity index (χ0v) is 17.3. The van der Waals surface area contributed by atoms with Crippen LogP contribution in [0.25, 0.3) is 11.3 Å². The largest absolute Gasteiger partial charge is 0.448 e. The van der Waals surface area contributed by atoms with Crippen molar-refractivity contribution in [1.29, 1.82) is 0 Å². The van der Waals surface area contributed by atoms with E-state index in [9.17, 15) is 0 Å². The molecule has 4 rings (SSSR count). The third-order valence-electron chi connectivity index (χ3n) is 4.25. The predicted octanol–water partition coefficient (Wildman–Crippen LogP) is 5.70. The molecule has 1 N–H and O–H groups in total. The molecule has 0 aliphatic carbocycles. The van der Waals surface area contributed by atoms with Gasteiger partial charge in [0.2, 0.25) is 11.0 Å². The first-order valence-electron chi connectivity index (χ1n) is 8.91. The molecular formula is C20H19BrN4OS. The third-order valence-corrected chi connectivity index (χ3v) is 5.90. The van der Waals surface area contributed by atoms with Gasteiger partial charge in [-0.25, -0.2) is 0 Å². The number of aromatic nitrogens is 3. The quantitative estimate of drug-likeness (QED) is 0.404. The monoisotopic (exact) mass is 442 g/mol. The maximum absolute atomic E-state index is 6.29. The second kappa shape index (κ2) is 8.27. The van der Waals surface area contributed by atoms with Crippen LogP contribution < -0.4 is 10.1 Å². The van der Waals surface area contributed by atoms with Gasteiger partial charge in [-0.15, -0.1) is 10.2 Å². The van der Waals surface area contributed by atoms with Crippen LogP contribution in [0, 0.1) is 0 Å². The molecule has 1 aliphatic rings. The first kappa shape index (κ1) is 18.3. The molecule has 3 aromatic rings. The van der Waals surface area contributed by atoms with Gasteiger partial charge in [0.25, 0.3) is 0 Å². The lowest BCUT2D eigenvalue weighted by Crippen LogP contribution is -2.17. The van der Waals surface area contributed by atoms with Gasteiger partial charge in [0.1, 0.15) is 0 Å². The molecule has 5 nitrogen and oxygen atoms in total. The van der Waals surface area contributed by atoms with Gasteiger partial charge in [0, 0.05) is 27.0 Å². The lowest BCUT2D eigenvalue weighted by atomic mass is 10.1. The normalized spacial score (nSPS) is 15.1. The second-order valence-electron chi connectivity index (χ2n) is 6.16. The van der Waals surface area contributed by atoms with Crippen LogP contribution in [0.4, 0.5) is 5.69 Å². The molecule has 1 atom stereocenters. The van der Waals surface area contributed by atoms with Crippen LogP contribution in [0.2, 0.25) is 0 Å². The molecule has 0 unspecified atom stereocenters. The summed E-state index contributed by atoms with van der Waals surface area (Å²) in [6, 6.07) is 16.0. The summed E-state index contributed by atoms with van der Waals surface area (Å²) in [7, 11) is 0. The van der Waals surface area contributed by atoms with Gasteiger partial charge in [-0.05, 0) is 18.6 Å². The van der Waals surface area contributed by atoms with Crippen molar-refractivity contribution >= 4 is 33.4 Å². The van der Waals surface area contributed by atoms with E-state index in [0.29, 0.717) is 16.7 Å². The topological polar surface area (TPSA) is 59.9 Å². The minimum atomic E-state index is -0.381. The first-order chi connectivity index (χ1) is 13.3. The summed E-state index contributed by atoms with van der Waals surface area (Å²) in [5.74, 6) is 1.47. The van der Waals surface area contributed by atoms with E-state index in [-0.39, 0.29) is 6.23 Å². The van der Waals surface area contributed by atoms with Crippen molar-refractivity contribution in [2.45, 2.75) is 31.1 Å². The summed E-state index contributed by atoms with van der Waals surface area (Å²) in [4.78, 5) is 4.66. The Bertz CT molecular complexity index is 953. The molecule has 2 aromatic carbocycles. The number of para-hydroxylation sites is 1. The van der Waals surface area contributed by atoms with Crippen LogP contribution >= 0.6 is 27.7 Å². The van der Waals surface area contributed by atoms with Gasteiger partial charge in [0.15, 0.2) is 11.9 Å². The van der Waals surface area contributed by atoms with Gasteiger partial charge in [-0.2, -0.15) is 4.98 Å². The number of hydrogen-bond acceptors (Lipinski definition) is 6. The Labute approximate surface area is 171 Å². The molecule has 27 heavy (non-hydrogen) atoms. The summed E-state index contributed by atoms with van der Waals surface area (Å²) in [5.41, 5.74) is 3.54. The fourth-order valence-corrected chi connectivity index (χ4v) is 4.20. The van der Waals surface area contributed by atoms with Crippen LogP contribution in [-0.2, 0) is 0 Å². The number of halogens is 1. The highest BCUT2D eigenvalue weighted by Crippen LogP contribution is 2.40. The number of ether oxygens (including phenoxy) is 1. The Morgan fingerprint density at radius 2 is 1.93 bits per heavy atom. The molecule has 1 aliphatic heterocycles. The van der Waals surface area contributed by atoms with Gasteiger partial charge in [0.05, 0.1) is 0 Å². The van der Waals surface area contributed by atoms with Crippen molar-refractivity contribution in [3.8, 4) is 17.1 Å². The van der Waals surface area contributed by atoms with E-state index in [1.165, 1.54) is 0 Å². The number of rotatable bonds is 5. The van der Waals surface area contributed by atoms with Crippen molar-refractivity contribution in [2.75, 3.05) is 11.1 Å². The lowest BCUT2D eigenvalue weighted by Gasteiger charge is -2.20. The van der Waals surface area contributed by atoms with E-state index < -0.39 is 0 Å². The van der Waals surface area contributed by atoms with E-state index in [2.05, 4.69) is 43.4 Å². The number of hydrogen-bond donors (Lipinski definition) is 1. The molecule has 0 fully saturated rings. The number of anilines is 1. The molecule has 0 spiro atoms. The van der Waals surface area contributed by atoms with Crippen LogP contribution in [0.1, 0.15) is 31.6 Å². The predicted molar refractivity (Wildman–Crippen MR) is 112 cm³/mol. The number of benzene rings is 2. The Balaban J connectivity index is 1.76. The number of nitrogens with one attached hydrogen (secondary N) is 1. The van der Waals surface area contributed by atoms with Crippen LogP contribution in [0.5, 0.6) is 5.88 Å².